The molecule has 0 aliphatic heterocycles. The van der Waals surface area contributed by atoms with Gasteiger partial charge in [-0.25, -0.2) is 4.39 Å². The van der Waals surface area contributed by atoms with E-state index in [2.05, 4.69) is 5.32 Å². The second-order valence-electron chi connectivity index (χ2n) is 5.15. The lowest BCUT2D eigenvalue weighted by Gasteiger charge is -2.21. The molecule has 0 radical (unpaired) electrons. The van der Waals surface area contributed by atoms with Gasteiger partial charge in [0.2, 0.25) is 5.91 Å². The number of aryl methyl sites for hydroxylation is 1. The first-order valence-corrected chi connectivity index (χ1v) is 6.68. The molecule has 0 spiro atoms. The van der Waals surface area contributed by atoms with Crippen molar-refractivity contribution in [2.45, 2.75) is 46.2 Å². The molecule has 3 N–H and O–H groups in total. The van der Waals surface area contributed by atoms with Gasteiger partial charge in [-0.15, -0.1) is 0 Å². The minimum atomic E-state index is -0.525. The predicted octanol–water partition coefficient (Wildman–Crippen LogP) is 2.68. The Hall–Kier alpha value is -1.42. The highest BCUT2D eigenvalue weighted by Crippen LogP contribution is 2.17. The molecule has 3 nitrogen and oxygen atoms in total. The normalized spacial score (nSPS) is 15.7. The number of amides is 1. The van der Waals surface area contributed by atoms with Gasteiger partial charge < -0.3 is 11.1 Å². The van der Waals surface area contributed by atoms with E-state index in [1.165, 1.54) is 6.07 Å². The van der Waals surface area contributed by atoms with Gasteiger partial charge in [0.15, 0.2) is 0 Å². The Labute approximate surface area is 114 Å². The number of hydrogen-bond donors (Lipinski definition) is 2. The first kappa shape index (κ1) is 15.6. The van der Waals surface area contributed by atoms with Crippen LogP contribution in [0, 0.1) is 18.7 Å². The minimum Gasteiger partial charge on any atom is -0.348 e. The van der Waals surface area contributed by atoms with Crippen molar-refractivity contribution in [1.82, 2.24) is 5.32 Å². The molecule has 1 amide bonds. The number of rotatable bonds is 5. The number of carbonyl (C=O) groups excluding carboxylic acids is 1. The first-order valence-electron chi connectivity index (χ1n) is 6.68. The van der Waals surface area contributed by atoms with E-state index >= 15 is 0 Å². The molecule has 0 fully saturated rings. The lowest BCUT2D eigenvalue weighted by molar-refractivity contribution is -0.124. The third-order valence-corrected chi connectivity index (χ3v) is 3.61. The van der Waals surface area contributed by atoms with Crippen molar-refractivity contribution in [3.63, 3.8) is 0 Å². The van der Waals surface area contributed by atoms with Gasteiger partial charge in [0, 0.05) is 0 Å². The molecule has 1 aromatic carbocycles. The van der Waals surface area contributed by atoms with E-state index in [-0.39, 0.29) is 23.7 Å². The standard InChI is InChI=1S/C15H23FN2O/c1-5-9(2)14(17)15(19)18-11(4)12-7-6-10(3)13(16)8-12/h6-9,11,14H,5,17H2,1-4H3,(H,18,19)/t9?,11?,14-/m0/s1. The van der Waals surface area contributed by atoms with Crippen molar-refractivity contribution >= 4 is 5.91 Å². The minimum absolute atomic E-state index is 0.127. The summed E-state index contributed by atoms with van der Waals surface area (Å²) in [6.45, 7) is 7.48. The lowest BCUT2D eigenvalue weighted by Crippen LogP contribution is -2.45. The van der Waals surface area contributed by atoms with E-state index in [0.717, 1.165) is 12.0 Å². The van der Waals surface area contributed by atoms with Crippen LogP contribution in [-0.4, -0.2) is 11.9 Å². The quantitative estimate of drug-likeness (QED) is 0.861. The zero-order chi connectivity index (χ0) is 14.6. The van der Waals surface area contributed by atoms with E-state index in [1.807, 2.05) is 26.8 Å². The summed E-state index contributed by atoms with van der Waals surface area (Å²) in [6, 6.07) is 4.20. The van der Waals surface area contributed by atoms with E-state index in [0.29, 0.717) is 5.56 Å². The van der Waals surface area contributed by atoms with Crippen molar-refractivity contribution in [2.24, 2.45) is 11.7 Å². The maximum atomic E-state index is 13.5. The number of nitrogens with one attached hydrogen (secondary N) is 1. The van der Waals surface area contributed by atoms with Crippen LogP contribution in [0.1, 0.15) is 44.4 Å². The summed E-state index contributed by atoms with van der Waals surface area (Å²) in [6.07, 6.45) is 0.849. The van der Waals surface area contributed by atoms with E-state index in [4.69, 9.17) is 5.73 Å². The average molecular weight is 266 g/mol. The van der Waals surface area contributed by atoms with Gasteiger partial charge in [-0.2, -0.15) is 0 Å². The smallest absolute Gasteiger partial charge is 0.237 e. The summed E-state index contributed by atoms with van der Waals surface area (Å²) >= 11 is 0. The van der Waals surface area contributed by atoms with Crippen LogP contribution in [0.2, 0.25) is 0 Å². The first-order chi connectivity index (χ1) is 8.86. The number of nitrogens with two attached hydrogens (primary N) is 1. The Morgan fingerprint density at radius 3 is 2.58 bits per heavy atom. The van der Waals surface area contributed by atoms with Gasteiger partial charge in [-0.3, -0.25) is 4.79 Å². The van der Waals surface area contributed by atoms with Gasteiger partial charge in [0.05, 0.1) is 12.1 Å². The van der Waals surface area contributed by atoms with Gasteiger partial charge in [0.1, 0.15) is 5.82 Å². The Bertz CT molecular complexity index is 448. The molecule has 4 heteroatoms. The van der Waals surface area contributed by atoms with Crippen molar-refractivity contribution in [3.05, 3.63) is 35.1 Å². The van der Waals surface area contributed by atoms with Crippen LogP contribution in [0.15, 0.2) is 18.2 Å². The van der Waals surface area contributed by atoms with Gasteiger partial charge >= 0.3 is 0 Å². The Balaban J connectivity index is 2.71. The number of halogens is 1. The Morgan fingerprint density at radius 2 is 2.05 bits per heavy atom. The number of benzene rings is 1. The molecule has 0 aliphatic rings. The second-order valence-corrected chi connectivity index (χ2v) is 5.15. The predicted molar refractivity (Wildman–Crippen MR) is 75.1 cm³/mol. The zero-order valence-corrected chi connectivity index (χ0v) is 12.0. The van der Waals surface area contributed by atoms with Crippen LogP contribution < -0.4 is 11.1 Å². The van der Waals surface area contributed by atoms with Crippen LogP contribution in [-0.2, 0) is 4.79 Å². The summed E-state index contributed by atoms with van der Waals surface area (Å²) in [4.78, 5) is 11.9. The maximum Gasteiger partial charge on any atom is 0.237 e. The molecule has 0 saturated heterocycles. The van der Waals surface area contributed by atoms with Crippen LogP contribution in [0.25, 0.3) is 0 Å². The van der Waals surface area contributed by atoms with Gasteiger partial charge in [0.25, 0.3) is 0 Å². The molecule has 0 aromatic heterocycles. The monoisotopic (exact) mass is 266 g/mol. The topological polar surface area (TPSA) is 55.1 Å². The van der Waals surface area contributed by atoms with Crippen LogP contribution in [0.3, 0.4) is 0 Å². The average Bonchev–Trinajstić information content (AvgIpc) is 2.39. The molecular formula is C15H23FN2O. The summed E-state index contributed by atoms with van der Waals surface area (Å²) in [7, 11) is 0. The highest BCUT2D eigenvalue weighted by molar-refractivity contribution is 5.82. The van der Waals surface area contributed by atoms with E-state index in [1.54, 1.807) is 13.0 Å². The Kier molecular flexibility index (Phi) is 5.48. The van der Waals surface area contributed by atoms with Crippen LogP contribution >= 0.6 is 0 Å². The van der Waals surface area contributed by atoms with Crippen molar-refractivity contribution < 1.29 is 9.18 Å². The second kappa shape index (κ2) is 6.66. The summed E-state index contributed by atoms with van der Waals surface area (Å²) in [5, 5.41) is 2.83. The third-order valence-electron chi connectivity index (χ3n) is 3.61. The SMILES string of the molecule is CCC(C)[C@H](N)C(=O)NC(C)c1ccc(C)c(F)c1. The van der Waals surface area contributed by atoms with Gasteiger partial charge in [-0.1, -0.05) is 32.4 Å². The lowest BCUT2D eigenvalue weighted by atomic mass is 9.98. The molecule has 0 saturated carbocycles. The number of carbonyl (C=O) groups is 1. The van der Waals surface area contributed by atoms with Crippen LogP contribution in [0.5, 0.6) is 0 Å². The van der Waals surface area contributed by atoms with Gasteiger partial charge in [-0.05, 0) is 37.0 Å². The van der Waals surface area contributed by atoms with Crippen molar-refractivity contribution in [3.8, 4) is 0 Å². The summed E-state index contributed by atoms with van der Waals surface area (Å²) < 4.78 is 13.5. The largest absolute Gasteiger partial charge is 0.348 e. The molecule has 1 aromatic rings. The molecule has 106 valence electrons. The molecular weight excluding hydrogens is 243 g/mol. The fourth-order valence-electron chi connectivity index (χ4n) is 1.78. The highest BCUT2D eigenvalue weighted by Gasteiger charge is 2.21. The van der Waals surface area contributed by atoms with E-state index in [9.17, 15) is 9.18 Å². The fraction of sp³-hybridized carbons (Fsp3) is 0.533. The third kappa shape index (κ3) is 4.03. The Morgan fingerprint density at radius 1 is 1.42 bits per heavy atom. The molecule has 1 rings (SSSR count). The van der Waals surface area contributed by atoms with Crippen molar-refractivity contribution in [2.75, 3.05) is 0 Å². The van der Waals surface area contributed by atoms with Crippen molar-refractivity contribution in [1.29, 1.82) is 0 Å². The molecule has 3 atom stereocenters. The fourth-order valence-corrected chi connectivity index (χ4v) is 1.78. The highest BCUT2D eigenvalue weighted by atomic mass is 19.1. The maximum absolute atomic E-state index is 13.5. The molecule has 0 bridgehead atoms. The molecule has 0 heterocycles. The summed E-state index contributed by atoms with van der Waals surface area (Å²) in [5.74, 6) is -0.324. The van der Waals surface area contributed by atoms with Crippen LogP contribution in [0.4, 0.5) is 4.39 Å². The molecule has 0 aliphatic carbocycles. The zero-order valence-electron chi connectivity index (χ0n) is 12.0. The molecule has 19 heavy (non-hydrogen) atoms. The molecule has 2 unspecified atom stereocenters. The number of hydrogen-bond acceptors (Lipinski definition) is 2. The summed E-state index contributed by atoms with van der Waals surface area (Å²) in [5.41, 5.74) is 7.20. The van der Waals surface area contributed by atoms with E-state index < -0.39 is 6.04 Å².